The summed E-state index contributed by atoms with van der Waals surface area (Å²) in [6.07, 6.45) is 9.54. The Hall–Kier alpha value is -4.35. The van der Waals surface area contributed by atoms with Crippen LogP contribution in [0.25, 0.3) is 0 Å². The summed E-state index contributed by atoms with van der Waals surface area (Å²) in [5, 5.41) is 29.7. The smallest absolute Gasteiger partial charge is 0.312 e. The van der Waals surface area contributed by atoms with Crippen molar-refractivity contribution < 1.29 is 14.5 Å². The minimum atomic E-state index is -0.504. The van der Waals surface area contributed by atoms with Gasteiger partial charge < -0.3 is 4.74 Å². The number of hydrogen-bond donors (Lipinski definition) is 1. The van der Waals surface area contributed by atoms with E-state index in [1.165, 1.54) is 17.8 Å². The van der Waals surface area contributed by atoms with Gasteiger partial charge in [-0.3, -0.25) is 24.6 Å². The molecule has 4 rings (SSSR count). The maximum absolute atomic E-state index is 12.3. The van der Waals surface area contributed by atoms with Gasteiger partial charge in [-0.1, -0.05) is 29.5 Å². The Morgan fingerprint density at radius 3 is 2.85 bits per heavy atom. The van der Waals surface area contributed by atoms with Crippen molar-refractivity contribution in [1.82, 2.24) is 20.2 Å². The number of allylic oxidation sites excluding steroid dienone is 2. The number of hydrazone groups is 1. The number of nitrogens with zero attached hydrogens (tertiary/aromatic N) is 7. The number of rotatable bonds is 8. The Kier molecular flexibility index (Phi) is 6.48. The molecule has 0 fully saturated rings. The van der Waals surface area contributed by atoms with Crippen molar-refractivity contribution in [3.05, 3.63) is 75.1 Å². The number of ether oxygens (including phenoxy) is 1. The van der Waals surface area contributed by atoms with Crippen molar-refractivity contribution in [2.45, 2.75) is 39.0 Å². The van der Waals surface area contributed by atoms with Crippen LogP contribution in [0.2, 0.25) is 0 Å². The molecule has 0 radical (unpaired) electrons. The molecule has 2 aromatic rings. The lowest BCUT2D eigenvalue weighted by atomic mass is 10.0. The quantitative estimate of drug-likeness (QED) is 0.362. The fourth-order valence-electron chi connectivity index (χ4n) is 3.92. The third-order valence-corrected chi connectivity index (χ3v) is 5.58. The average molecular weight is 464 g/mol. The van der Waals surface area contributed by atoms with Gasteiger partial charge >= 0.3 is 5.69 Å². The Balaban J connectivity index is 1.40. The van der Waals surface area contributed by atoms with Crippen molar-refractivity contribution in [3.63, 3.8) is 0 Å². The summed E-state index contributed by atoms with van der Waals surface area (Å²) in [5.74, 6) is 0.257. The Bertz CT molecular complexity index is 1230. The molecule has 1 aliphatic heterocycles. The summed E-state index contributed by atoms with van der Waals surface area (Å²) in [4.78, 5) is 22.9. The first kappa shape index (κ1) is 22.8. The zero-order valence-electron chi connectivity index (χ0n) is 19.0. The molecule has 34 heavy (non-hydrogen) atoms. The van der Waals surface area contributed by atoms with E-state index in [1.54, 1.807) is 14.0 Å². The number of fused-ring (bicyclic) bond motifs is 1. The van der Waals surface area contributed by atoms with Crippen LogP contribution in [0, 0.1) is 24.0 Å². The van der Waals surface area contributed by atoms with Crippen LogP contribution in [0.15, 0.2) is 57.9 Å². The van der Waals surface area contributed by atoms with Gasteiger partial charge in [-0.05, 0) is 37.6 Å². The second-order valence-electron chi connectivity index (χ2n) is 7.85. The van der Waals surface area contributed by atoms with Crippen LogP contribution in [-0.2, 0) is 17.9 Å². The number of methoxy groups -OCH3 is 1. The Morgan fingerprint density at radius 2 is 2.12 bits per heavy atom. The van der Waals surface area contributed by atoms with E-state index >= 15 is 0 Å². The maximum atomic E-state index is 12.3. The highest BCUT2D eigenvalue weighted by Crippen LogP contribution is 2.28. The van der Waals surface area contributed by atoms with E-state index in [1.807, 2.05) is 41.4 Å². The van der Waals surface area contributed by atoms with Crippen LogP contribution in [0.1, 0.15) is 22.5 Å². The van der Waals surface area contributed by atoms with Crippen LogP contribution >= 0.6 is 0 Å². The highest BCUT2D eigenvalue weighted by Gasteiger charge is 2.30. The van der Waals surface area contributed by atoms with Crippen molar-refractivity contribution in [2.24, 2.45) is 15.4 Å². The van der Waals surface area contributed by atoms with Crippen LogP contribution in [0.4, 0.5) is 5.69 Å². The van der Waals surface area contributed by atoms with Crippen LogP contribution in [-0.4, -0.2) is 51.0 Å². The number of nitrogens with one attached hydrogen (secondary N) is 1. The molecule has 1 amide bonds. The summed E-state index contributed by atoms with van der Waals surface area (Å²) in [6, 6.07) is 5.63. The number of benzene rings is 1. The number of amides is 1. The van der Waals surface area contributed by atoms with Crippen LogP contribution in [0.3, 0.4) is 0 Å². The fraction of sp³-hybridized carbons (Fsp3) is 0.318. The number of hydrogen-bond acceptors (Lipinski definition) is 9. The zero-order chi connectivity index (χ0) is 24.2. The first-order valence-corrected chi connectivity index (χ1v) is 10.6. The third-order valence-electron chi connectivity index (χ3n) is 5.58. The van der Waals surface area contributed by atoms with E-state index in [-0.39, 0.29) is 30.0 Å². The standard InChI is InChI=1S/C22H24N8O4/c1-14-22(30(32)33)15(2)28(26-14)13-21(31)25-23-11-16-8-9-20(34-3)17(10-16)12-29-19-7-5-4-6-18(19)24-27-29/h4-11,18-19H,12-13H2,1-3H3,(H,25,31)/b23-11-. The lowest BCUT2D eigenvalue weighted by Gasteiger charge is -2.24. The predicted molar refractivity (Wildman–Crippen MR) is 123 cm³/mol. The molecule has 1 aromatic carbocycles. The molecule has 176 valence electrons. The van der Waals surface area contributed by atoms with Crippen molar-refractivity contribution in [2.75, 3.05) is 7.11 Å². The minimum Gasteiger partial charge on any atom is -0.496 e. The number of carbonyl (C=O) groups excluding carboxylic acids is 1. The molecule has 0 bridgehead atoms. The van der Waals surface area contributed by atoms with Gasteiger partial charge in [-0.15, -0.1) is 0 Å². The SMILES string of the molecule is COc1ccc(/C=N\NC(=O)Cn2nc(C)c([N+](=O)[O-])c2C)cc1CN1N=NC2C=CC=CC21. The molecule has 1 aromatic heterocycles. The molecule has 2 atom stereocenters. The summed E-state index contributed by atoms with van der Waals surface area (Å²) in [6.45, 7) is 3.39. The molecule has 12 nitrogen and oxygen atoms in total. The first-order chi connectivity index (χ1) is 16.4. The van der Waals surface area contributed by atoms with E-state index < -0.39 is 10.8 Å². The normalized spacial score (nSPS) is 18.5. The first-order valence-electron chi connectivity index (χ1n) is 10.6. The molecule has 2 aliphatic rings. The molecule has 2 heterocycles. The van der Waals surface area contributed by atoms with E-state index in [0.717, 1.165) is 11.1 Å². The van der Waals surface area contributed by atoms with Gasteiger partial charge in [-0.2, -0.15) is 15.3 Å². The van der Waals surface area contributed by atoms with Gasteiger partial charge in [0.1, 0.15) is 29.7 Å². The average Bonchev–Trinajstić information content (AvgIpc) is 3.34. The minimum absolute atomic E-state index is 0.0135. The molecule has 0 saturated heterocycles. The fourth-order valence-corrected chi connectivity index (χ4v) is 3.92. The van der Waals surface area contributed by atoms with Crippen molar-refractivity contribution >= 4 is 17.8 Å². The Labute approximate surface area is 195 Å². The molecule has 0 saturated carbocycles. The molecular weight excluding hydrogens is 440 g/mol. The lowest BCUT2D eigenvalue weighted by Crippen LogP contribution is -2.32. The predicted octanol–water partition coefficient (Wildman–Crippen LogP) is 2.61. The Morgan fingerprint density at radius 1 is 1.32 bits per heavy atom. The molecule has 1 aliphatic carbocycles. The maximum Gasteiger partial charge on any atom is 0.312 e. The van der Waals surface area contributed by atoms with Gasteiger partial charge in [0.05, 0.1) is 30.8 Å². The number of aromatic nitrogens is 2. The molecule has 1 N–H and O–H groups in total. The van der Waals surface area contributed by atoms with E-state index in [4.69, 9.17) is 4.74 Å². The van der Waals surface area contributed by atoms with Gasteiger partial charge in [0.15, 0.2) is 0 Å². The summed E-state index contributed by atoms with van der Waals surface area (Å²) in [7, 11) is 1.60. The number of nitro groups is 1. The second kappa shape index (κ2) is 9.65. The van der Waals surface area contributed by atoms with Gasteiger partial charge in [0.25, 0.3) is 5.91 Å². The van der Waals surface area contributed by atoms with E-state index in [0.29, 0.717) is 18.0 Å². The summed E-state index contributed by atoms with van der Waals surface area (Å²) in [5.41, 5.74) is 4.56. The van der Waals surface area contributed by atoms with E-state index in [2.05, 4.69) is 32.0 Å². The van der Waals surface area contributed by atoms with Crippen molar-refractivity contribution in [1.29, 1.82) is 0 Å². The number of carbonyl (C=O) groups is 1. The van der Waals surface area contributed by atoms with E-state index in [9.17, 15) is 14.9 Å². The monoisotopic (exact) mass is 464 g/mol. The molecule has 12 heteroatoms. The van der Waals surface area contributed by atoms with Crippen LogP contribution < -0.4 is 10.2 Å². The van der Waals surface area contributed by atoms with Gasteiger partial charge in [0.2, 0.25) is 0 Å². The number of aryl methyl sites for hydroxylation is 1. The highest BCUT2D eigenvalue weighted by molar-refractivity contribution is 5.82. The summed E-state index contributed by atoms with van der Waals surface area (Å²) >= 11 is 0. The molecular formula is C22H24N8O4. The van der Waals surface area contributed by atoms with Gasteiger partial charge in [0, 0.05) is 5.56 Å². The van der Waals surface area contributed by atoms with Gasteiger partial charge in [-0.25, -0.2) is 5.43 Å². The molecule has 0 spiro atoms. The molecule has 2 unspecified atom stereocenters. The highest BCUT2D eigenvalue weighted by atomic mass is 16.6. The van der Waals surface area contributed by atoms with Crippen molar-refractivity contribution in [3.8, 4) is 5.75 Å². The second-order valence-corrected chi connectivity index (χ2v) is 7.85. The lowest BCUT2D eigenvalue weighted by molar-refractivity contribution is -0.386. The summed E-state index contributed by atoms with van der Waals surface area (Å²) < 4.78 is 6.78. The third kappa shape index (κ3) is 4.70. The largest absolute Gasteiger partial charge is 0.496 e. The topological polar surface area (TPSA) is 140 Å². The van der Waals surface area contributed by atoms with Crippen LogP contribution in [0.5, 0.6) is 5.75 Å². The zero-order valence-corrected chi connectivity index (χ0v) is 19.0.